The molecule has 0 aliphatic carbocycles. The average molecular weight is 363 g/mol. The molecular weight excluding hydrogens is 350 g/mol. The fourth-order valence-electron chi connectivity index (χ4n) is 2.40. The molecule has 0 atom stereocenters. The number of anilines is 1. The standard InChI is InChI=1S/C16H13NO7S/c1-22-9-6-7-10(12(17)8-9)14-15(18)11-4-2-3-5-13(11)23-16(14)24-25(19,20)21/h2-8H,17H2,1H3,(H,19,20,21). The predicted octanol–water partition coefficient (Wildman–Crippen LogP) is 2.23. The first-order valence-corrected chi connectivity index (χ1v) is 8.33. The maximum absolute atomic E-state index is 12.8. The summed E-state index contributed by atoms with van der Waals surface area (Å²) in [5.74, 6) is -0.230. The van der Waals surface area contributed by atoms with Crippen LogP contribution in [0.25, 0.3) is 22.1 Å². The third-order valence-electron chi connectivity index (χ3n) is 3.47. The van der Waals surface area contributed by atoms with E-state index in [1.807, 2.05) is 0 Å². The van der Waals surface area contributed by atoms with Crippen LogP contribution in [0.15, 0.2) is 51.7 Å². The zero-order chi connectivity index (χ0) is 18.2. The summed E-state index contributed by atoms with van der Waals surface area (Å²) < 4.78 is 46.1. The van der Waals surface area contributed by atoms with Crippen LogP contribution in [0.1, 0.15) is 0 Å². The summed E-state index contributed by atoms with van der Waals surface area (Å²) in [7, 11) is -3.47. The van der Waals surface area contributed by atoms with Gasteiger partial charge >= 0.3 is 16.3 Å². The lowest BCUT2D eigenvalue weighted by Gasteiger charge is -2.11. The number of rotatable bonds is 4. The quantitative estimate of drug-likeness (QED) is 0.533. The van der Waals surface area contributed by atoms with Crippen LogP contribution in [0.2, 0.25) is 0 Å². The van der Waals surface area contributed by atoms with Crippen molar-refractivity contribution in [1.82, 2.24) is 0 Å². The lowest BCUT2D eigenvalue weighted by atomic mass is 10.0. The molecule has 8 nitrogen and oxygen atoms in total. The fourth-order valence-corrected chi connectivity index (χ4v) is 2.71. The smallest absolute Gasteiger partial charge is 0.449 e. The molecular formula is C16H13NO7S. The molecule has 1 aromatic heterocycles. The van der Waals surface area contributed by atoms with E-state index >= 15 is 0 Å². The van der Waals surface area contributed by atoms with Crippen LogP contribution in [0, 0.1) is 0 Å². The Labute approximate surface area is 142 Å². The highest BCUT2D eigenvalue weighted by molar-refractivity contribution is 7.81. The maximum Gasteiger partial charge on any atom is 0.449 e. The number of methoxy groups -OCH3 is 1. The summed E-state index contributed by atoms with van der Waals surface area (Å²) in [6.45, 7) is 0. The molecule has 0 aliphatic heterocycles. The summed E-state index contributed by atoms with van der Waals surface area (Å²) in [5.41, 5.74) is 5.58. The first kappa shape index (κ1) is 16.8. The van der Waals surface area contributed by atoms with Gasteiger partial charge in [-0.2, -0.15) is 8.42 Å². The van der Waals surface area contributed by atoms with Gasteiger partial charge in [-0.25, -0.2) is 0 Å². The van der Waals surface area contributed by atoms with Gasteiger partial charge in [-0.05, 0) is 24.3 Å². The second kappa shape index (κ2) is 6.11. The Morgan fingerprint density at radius 2 is 1.88 bits per heavy atom. The van der Waals surface area contributed by atoms with Gasteiger partial charge in [-0.15, -0.1) is 0 Å². The van der Waals surface area contributed by atoms with Crippen LogP contribution in [0.3, 0.4) is 0 Å². The third kappa shape index (κ3) is 3.28. The van der Waals surface area contributed by atoms with Crippen LogP contribution in [-0.4, -0.2) is 20.1 Å². The number of benzene rings is 2. The monoisotopic (exact) mass is 363 g/mol. The molecule has 0 spiro atoms. The molecule has 25 heavy (non-hydrogen) atoms. The van der Waals surface area contributed by atoms with Crippen LogP contribution in [0.4, 0.5) is 5.69 Å². The minimum Gasteiger partial charge on any atom is -0.497 e. The normalized spacial score (nSPS) is 11.4. The van der Waals surface area contributed by atoms with E-state index in [0.717, 1.165) is 0 Å². The van der Waals surface area contributed by atoms with Gasteiger partial charge in [0.2, 0.25) is 5.43 Å². The lowest BCUT2D eigenvalue weighted by molar-refractivity contribution is 0.338. The first-order chi connectivity index (χ1) is 11.8. The van der Waals surface area contributed by atoms with Gasteiger partial charge in [-0.3, -0.25) is 9.35 Å². The van der Waals surface area contributed by atoms with Gasteiger partial charge in [0.15, 0.2) is 0 Å². The van der Waals surface area contributed by atoms with Gasteiger partial charge in [0.25, 0.3) is 0 Å². The number of nitrogen functional groups attached to an aromatic ring is 1. The van der Waals surface area contributed by atoms with Crippen molar-refractivity contribution in [3.63, 3.8) is 0 Å². The van der Waals surface area contributed by atoms with Crippen molar-refractivity contribution in [3.05, 3.63) is 52.7 Å². The molecule has 0 saturated heterocycles. The number of hydrogen-bond acceptors (Lipinski definition) is 7. The van der Waals surface area contributed by atoms with Gasteiger partial charge < -0.3 is 19.1 Å². The molecule has 0 saturated carbocycles. The Balaban J connectivity index is 2.37. The topological polar surface area (TPSA) is 129 Å². The third-order valence-corrected chi connectivity index (χ3v) is 3.84. The van der Waals surface area contributed by atoms with Gasteiger partial charge in [0.1, 0.15) is 16.9 Å². The molecule has 9 heteroatoms. The van der Waals surface area contributed by atoms with E-state index < -0.39 is 21.8 Å². The second-order valence-electron chi connectivity index (χ2n) is 5.05. The maximum atomic E-state index is 12.8. The van der Waals surface area contributed by atoms with Crippen LogP contribution in [-0.2, 0) is 10.4 Å². The molecule has 3 aromatic rings. The Morgan fingerprint density at radius 1 is 1.16 bits per heavy atom. The van der Waals surface area contributed by atoms with E-state index in [9.17, 15) is 13.2 Å². The Bertz CT molecular complexity index is 1120. The highest BCUT2D eigenvalue weighted by Gasteiger charge is 2.23. The average Bonchev–Trinajstić information content (AvgIpc) is 2.54. The number of nitrogens with two attached hydrogens (primary N) is 1. The van der Waals surface area contributed by atoms with Crippen molar-refractivity contribution in [2.24, 2.45) is 0 Å². The number of ether oxygens (including phenoxy) is 1. The Morgan fingerprint density at radius 3 is 2.52 bits per heavy atom. The van der Waals surface area contributed by atoms with Gasteiger partial charge in [-0.1, -0.05) is 12.1 Å². The molecule has 0 amide bonds. The SMILES string of the molecule is COc1ccc(-c2c(OS(=O)(=O)O)oc3ccccc3c2=O)c(N)c1. The summed E-state index contributed by atoms with van der Waals surface area (Å²) in [5, 5.41) is 0.204. The van der Waals surface area contributed by atoms with E-state index in [2.05, 4.69) is 4.18 Å². The molecule has 2 aromatic carbocycles. The summed E-state index contributed by atoms with van der Waals surface area (Å²) in [6.07, 6.45) is 0. The van der Waals surface area contributed by atoms with Gasteiger partial charge in [0.05, 0.1) is 12.5 Å². The first-order valence-electron chi connectivity index (χ1n) is 6.97. The van der Waals surface area contributed by atoms with Crippen molar-refractivity contribution in [2.75, 3.05) is 12.8 Å². The summed E-state index contributed by atoms with van der Waals surface area (Å²) >= 11 is 0. The molecule has 0 unspecified atom stereocenters. The molecule has 0 radical (unpaired) electrons. The molecule has 0 aliphatic rings. The predicted molar refractivity (Wildman–Crippen MR) is 91.1 cm³/mol. The van der Waals surface area contributed by atoms with Crippen LogP contribution >= 0.6 is 0 Å². The van der Waals surface area contributed by atoms with Crippen molar-refractivity contribution >= 4 is 27.1 Å². The number of hydrogen-bond donors (Lipinski definition) is 2. The van der Waals surface area contributed by atoms with Crippen molar-refractivity contribution in [2.45, 2.75) is 0 Å². The number of fused-ring (bicyclic) bond motifs is 1. The van der Waals surface area contributed by atoms with Crippen molar-refractivity contribution in [1.29, 1.82) is 0 Å². The zero-order valence-electron chi connectivity index (χ0n) is 12.9. The second-order valence-corrected chi connectivity index (χ2v) is 6.08. The van der Waals surface area contributed by atoms with E-state index in [1.165, 1.54) is 37.4 Å². The molecule has 1 heterocycles. The summed E-state index contributed by atoms with van der Waals surface area (Å²) in [4.78, 5) is 12.8. The van der Waals surface area contributed by atoms with E-state index in [0.29, 0.717) is 5.75 Å². The van der Waals surface area contributed by atoms with Crippen molar-refractivity contribution < 1.29 is 26.3 Å². The minimum atomic E-state index is -4.92. The fraction of sp³-hybridized carbons (Fsp3) is 0.0625. The largest absolute Gasteiger partial charge is 0.497 e. The zero-order valence-corrected chi connectivity index (χ0v) is 13.7. The molecule has 130 valence electrons. The summed E-state index contributed by atoms with van der Waals surface area (Å²) in [6, 6.07) is 10.7. The highest BCUT2D eigenvalue weighted by Crippen LogP contribution is 2.35. The molecule has 3 N–H and O–H groups in total. The Kier molecular flexibility index (Phi) is 4.11. The molecule has 3 rings (SSSR count). The van der Waals surface area contributed by atoms with Crippen LogP contribution in [0.5, 0.6) is 11.7 Å². The van der Waals surface area contributed by atoms with Crippen LogP contribution < -0.4 is 20.1 Å². The Hall–Kier alpha value is -3.04. The van der Waals surface area contributed by atoms with E-state index in [4.69, 9.17) is 19.4 Å². The highest BCUT2D eigenvalue weighted by atomic mass is 32.3. The van der Waals surface area contributed by atoms with Crippen molar-refractivity contribution in [3.8, 4) is 22.8 Å². The van der Waals surface area contributed by atoms with E-state index in [-0.39, 0.29) is 27.8 Å². The lowest BCUT2D eigenvalue weighted by Crippen LogP contribution is -2.13. The number of para-hydroxylation sites is 1. The molecule has 0 fully saturated rings. The minimum absolute atomic E-state index is 0.0991. The van der Waals surface area contributed by atoms with E-state index in [1.54, 1.807) is 12.1 Å². The molecule has 0 bridgehead atoms. The van der Waals surface area contributed by atoms with Gasteiger partial charge in [0, 0.05) is 17.3 Å².